The topological polar surface area (TPSA) is 56.1 Å². The third kappa shape index (κ3) is 4.19. The predicted octanol–water partition coefficient (Wildman–Crippen LogP) is 1.04. The molecular weight excluding hydrogens is 218 g/mol. The summed E-state index contributed by atoms with van der Waals surface area (Å²) in [5.41, 5.74) is 2.21. The van der Waals surface area contributed by atoms with Gasteiger partial charge in [0, 0.05) is 12.2 Å². The normalized spacial score (nSPS) is 12.5. The first kappa shape index (κ1) is 13.7. The average molecular weight is 239 g/mol. The van der Waals surface area contributed by atoms with E-state index in [1.807, 2.05) is 18.5 Å². The van der Waals surface area contributed by atoms with E-state index in [1.165, 1.54) is 12.8 Å². The fraction of sp³-hybridized carbons (Fsp3) is 0.667. The lowest BCUT2D eigenvalue weighted by Crippen LogP contribution is -2.35. The first-order valence-corrected chi connectivity index (χ1v) is 5.87. The maximum Gasteiger partial charge on any atom is 0.322 e. The van der Waals surface area contributed by atoms with Crippen LogP contribution in [0, 0.1) is 13.8 Å². The maximum absolute atomic E-state index is 11.1. The zero-order chi connectivity index (χ0) is 12.8. The van der Waals surface area contributed by atoms with Gasteiger partial charge >= 0.3 is 5.97 Å². The first-order chi connectivity index (χ1) is 8.04. The Morgan fingerprint density at radius 1 is 1.59 bits per heavy atom. The number of carbonyl (C=O) groups excluding carboxylic acids is 1. The second-order valence-corrected chi connectivity index (χ2v) is 4.20. The van der Waals surface area contributed by atoms with Gasteiger partial charge in [0.05, 0.1) is 12.8 Å². The number of methoxy groups -OCH3 is 1. The van der Waals surface area contributed by atoms with Crippen molar-refractivity contribution in [2.45, 2.75) is 39.8 Å². The number of nitrogens with zero attached hydrogens (tertiary/aromatic N) is 2. The lowest BCUT2D eigenvalue weighted by Gasteiger charge is -2.11. The van der Waals surface area contributed by atoms with Crippen LogP contribution >= 0.6 is 0 Å². The molecule has 1 unspecified atom stereocenters. The fourth-order valence-electron chi connectivity index (χ4n) is 1.71. The molecule has 1 heterocycles. The standard InChI is InChI=1S/C12H21N3O2/c1-9-8-10(2)15(14-9)7-5-6-13-11(3)12(16)17-4/h8,11,13H,5-7H2,1-4H3. The van der Waals surface area contributed by atoms with E-state index >= 15 is 0 Å². The summed E-state index contributed by atoms with van der Waals surface area (Å²) < 4.78 is 6.62. The van der Waals surface area contributed by atoms with Crippen molar-refractivity contribution < 1.29 is 9.53 Å². The van der Waals surface area contributed by atoms with Crippen LogP contribution in [0.5, 0.6) is 0 Å². The van der Waals surface area contributed by atoms with E-state index in [2.05, 4.69) is 21.2 Å². The molecule has 0 bridgehead atoms. The van der Waals surface area contributed by atoms with Crippen molar-refractivity contribution in [3.8, 4) is 0 Å². The van der Waals surface area contributed by atoms with Gasteiger partial charge in [-0.1, -0.05) is 0 Å². The van der Waals surface area contributed by atoms with Crippen molar-refractivity contribution in [2.24, 2.45) is 0 Å². The molecule has 0 radical (unpaired) electrons. The van der Waals surface area contributed by atoms with Gasteiger partial charge in [0.1, 0.15) is 6.04 Å². The molecule has 5 heteroatoms. The molecule has 96 valence electrons. The summed E-state index contributed by atoms with van der Waals surface area (Å²) in [5.74, 6) is -0.226. The number of ether oxygens (including phenoxy) is 1. The molecule has 0 aliphatic rings. The number of rotatable bonds is 6. The molecule has 1 aromatic heterocycles. The molecular formula is C12H21N3O2. The molecule has 5 nitrogen and oxygen atoms in total. The molecule has 1 aromatic rings. The molecule has 0 fully saturated rings. The summed E-state index contributed by atoms with van der Waals surface area (Å²) in [6, 6.07) is 1.81. The quantitative estimate of drug-likeness (QED) is 0.595. The summed E-state index contributed by atoms with van der Waals surface area (Å²) in [7, 11) is 1.40. The van der Waals surface area contributed by atoms with Crippen LogP contribution in [-0.4, -0.2) is 35.4 Å². The van der Waals surface area contributed by atoms with Gasteiger partial charge in [-0.2, -0.15) is 5.10 Å². The average Bonchev–Trinajstić information content (AvgIpc) is 2.62. The van der Waals surface area contributed by atoms with Gasteiger partial charge in [-0.25, -0.2) is 0 Å². The molecule has 17 heavy (non-hydrogen) atoms. The largest absolute Gasteiger partial charge is 0.468 e. The zero-order valence-corrected chi connectivity index (χ0v) is 11.0. The molecule has 0 amide bonds. The lowest BCUT2D eigenvalue weighted by atomic mass is 10.3. The third-order valence-corrected chi connectivity index (χ3v) is 2.66. The van der Waals surface area contributed by atoms with Crippen LogP contribution in [-0.2, 0) is 16.1 Å². The SMILES string of the molecule is COC(=O)C(C)NCCCn1nc(C)cc1C. The Hall–Kier alpha value is -1.36. The third-order valence-electron chi connectivity index (χ3n) is 2.66. The van der Waals surface area contributed by atoms with Gasteiger partial charge in [-0.15, -0.1) is 0 Å². The Morgan fingerprint density at radius 2 is 2.29 bits per heavy atom. The monoisotopic (exact) mass is 239 g/mol. The highest BCUT2D eigenvalue weighted by Gasteiger charge is 2.11. The number of carbonyl (C=O) groups is 1. The molecule has 0 aliphatic carbocycles. The molecule has 0 aliphatic heterocycles. The highest BCUT2D eigenvalue weighted by Crippen LogP contribution is 2.02. The van der Waals surface area contributed by atoms with Crippen LogP contribution in [0.4, 0.5) is 0 Å². The van der Waals surface area contributed by atoms with Crippen molar-refractivity contribution in [2.75, 3.05) is 13.7 Å². The van der Waals surface area contributed by atoms with Gasteiger partial charge < -0.3 is 10.1 Å². The summed E-state index contributed by atoms with van der Waals surface area (Å²) in [6.07, 6.45) is 0.934. The van der Waals surface area contributed by atoms with E-state index in [4.69, 9.17) is 0 Å². The van der Waals surface area contributed by atoms with Gasteiger partial charge in [0.15, 0.2) is 0 Å². The Labute approximate surface area is 102 Å². The van der Waals surface area contributed by atoms with Crippen LogP contribution < -0.4 is 5.32 Å². The number of aromatic nitrogens is 2. The van der Waals surface area contributed by atoms with Gasteiger partial charge in [-0.3, -0.25) is 9.48 Å². The smallest absolute Gasteiger partial charge is 0.322 e. The van der Waals surface area contributed by atoms with Gasteiger partial charge in [0.25, 0.3) is 0 Å². The van der Waals surface area contributed by atoms with Crippen LogP contribution in [0.25, 0.3) is 0 Å². The number of nitrogens with one attached hydrogen (secondary N) is 1. The Bertz CT molecular complexity index is 374. The summed E-state index contributed by atoms with van der Waals surface area (Å²) in [4.78, 5) is 11.1. The number of esters is 1. The minimum absolute atomic E-state index is 0.226. The Balaban J connectivity index is 2.25. The van der Waals surface area contributed by atoms with Crippen molar-refractivity contribution in [3.05, 3.63) is 17.5 Å². The van der Waals surface area contributed by atoms with E-state index in [-0.39, 0.29) is 12.0 Å². The second kappa shape index (κ2) is 6.39. The van der Waals surface area contributed by atoms with E-state index < -0.39 is 0 Å². The highest BCUT2D eigenvalue weighted by molar-refractivity contribution is 5.74. The van der Waals surface area contributed by atoms with E-state index in [0.29, 0.717) is 0 Å². The van der Waals surface area contributed by atoms with Gasteiger partial charge in [0.2, 0.25) is 0 Å². The number of hydrogen-bond donors (Lipinski definition) is 1. The molecule has 0 aromatic carbocycles. The molecule has 1 atom stereocenters. The fourth-order valence-corrected chi connectivity index (χ4v) is 1.71. The Kier molecular flexibility index (Phi) is 5.15. The first-order valence-electron chi connectivity index (χ1n) is 5.87. The van der Waals surface area contributed by atoms with Crippen LogP contribution in [0.15, 0.2) is 6.07 Å². The summed E-state index contributed by atoms with van der Waals surface area (Å²) >= 11 is 0. The van der Waals surface area contributed by atoms with Crippen molar-refractivity contribution in [1.82, 2.24) is 15.1 Å². The van der Waals surface area contributed by atoms with E-state index in [0.717, 1.165) is 25.2 Å². The zero-order valence-electron chi connectivity index (χ0n) is 11.0. The van der Waals surface area contributed by atoms with Crippen molar-refractivity contribution in [3.63, 3.8) is 0 Å². The van der Waals surface area contributed by atoms with Crippen molar-refractivity contribution >= 4 is 5.97 Å². The van der Waals surface area contributed by atoms with Gasteiger partial charge in [-0.05, 0) is 39.8 Å². The summed E-state index contributed by atoms with van der Waals surface area (Å²) in [5, 5.41) is 7.49. The molecule has 0 saturated heterocycles. The molecule has 1 N–H and O–H groups in total. The molecule has 0 saturated carbocycles. The molecule has 0 spiro atoms. The van der Waals surface area contributed by atoms with Crippen LogP contribution in [0.1, 0.15) is 24.7 Å². The second-order valence-electron chi connectivity index (χ2n) is 4.20. The predicted molar refractivity (Wildman–Crippen MR) is 65.8 cm³/mol. The van der Waals surface area contributed by atoms with Crippen LogP contribution in [0.3, 0.4) is 0 Å². The highest BCUT2D eigenvalue weighted by atomic mass is 16.5. The Morgan fingerprint density at radius 3 is 2.82 bits per heavy atom. The minimum Gasteiger partial charge on any atom is -0.468 e. The van der Waals surface area contributed by atoms with E-state index in [9.17, 15) is 4.79 Å². The molecule has 1 rings (SSSR count). The van der Waals surface area contributed by atoms with Crippen molar-refractivity contribution in [1.29, 1.82) is 0 Å². The lowest BCUT2D eigenvalue weighted by molar-refractivity contribution is -0.142. The minimum atomic E-state index is -0.250. The number of hydrogen-bond acceptors (Lipinski definition) is 4. The van der Waals surface area contributed by atoms with Crippen LogP contribution in [0.2, 0.25) is 0 Å². The maximum atomic E-state index is 11.1. The summed E-state index contributed by atoms with van der Waals surface area (Å²) in [6.45, 7) is 7.47. The number of aryl methyl sites for hydroxylation is 3. The van der Waals surface area contributed by atoms with E-state index in [1.54, 1.807) is 6.92 Å².